The molecule has 3 rings (SSSR count). The van der Waals surface area contributed by atoms with Gasteiger partial charge in [-0.1, -0.05) is 26.0 Å². The Morgan fingerprint density at radius 2 is 1.71 bits per heavy atom. The van der Waals surface area contributed by atoms with E-state index in [1.807, 2.05) is 0 Å². The molecule has 2 aromatic carbocycles. The lowest BCUT2D eigenvalue weighted by atomic mass is 10.2. The van der Waals surface area contributed by atoms with Crippen LogP contribution in [0.4, 0.5) is 5.69 Å². The summed E-state index contributed by atoms with van der Waals surface area (Å²) in [4.78, 5) is 24.7. The van der Waals surface area contributed by atoms with Crippen LogP contribution in [0, 0.1) is 0 Å². The molecule has 1 N–H and O–H groups in total. The quantitative estimate of drug-likeness (QED) is 0.427. The second-order valence-electron chi connectivity index (χ2n) is 7.42. The summed E-state index contributed by atoms with van der Waals surface area (Å²) in [5, 5.41) is 2.67. The number of ether oxygens (including phenoxy) is 3. The Balaban J connectivity index is 1.55. The molecule has 0 aromatic heterocycles. The minimum Gasteiger partial charge on any atom is -0.486 e. The van der Waals surface area contributed by atoms with Crippen LogP contribution in [0.15, 0.2) is 53.4 Å². The first-order valence-corrected chi connectivity index (χ1v) is 12.4. The standard InChI is InChI=1S/C24H28N2O7S/c1-4-26(5-2)34(29,30)20-10-6-18(7-11-20)8-13-23(27)33-17(3)24(28)25-19-9-12-21-22(16-19)32-15-14-31-21/h6-13,16-17H,4-5,14-15H2,1-3H3,(H,25,28). The van der Waals surface area contributed by atoms with E-state index in [-0.39, 0.29) is 4.90 Å². The van der Waals surface area contributed by atoms with E-state index in [1.165, 1.54) is 35.5 Å². The summed E-state index contributed by atoms with van der Waals surface area (Å²) in [7, 11) is -3.55. The zero-order valence-electron chi connectivity index (χ0n) is 19.3. The summed E-state index contributed by atoms with van der Waals surface area (Å²) in [5.41, 5.74) is 1.11. The van der Waals surface area contributed by atoms with Crippen LogP contribution in [0.1, 0.15) is 26.3 Å². The third-order valence-electron chi connectivity index (χ3n) is 5.11. The molecule has 1 aliphatic rings. The maximum Gasteiger partial charge on any atom is 0.331 e. The summed E-state index contributed by atoms with van der Waals surface area (Å²) in [5.74, 6) is -0.0610. The molecule has 10 heteroatoms. The van der Waals surface area contributed by atoms with Crippen molar-refractivity contribution in [3.05, 3.63) is 54.1 Å². The van der Waals surface area contributed by atoms with Crippen molar-refractivity contribution < 1.29 is 32.2 Å². The minimum atomic E-state index is -3.55. The second kappa shape index (κ2) is 11.2. The van der Waals surface area contributed by atoms with E-state index in [4.69, 9.17) is 14.2 Å². The number of sulfonamides is 1. The van der Waals surface area contributed by atoms with E-state index in [0.717, 1.165) is 0 Å². The largest absolute Gasteiger partial charge is 0.486 e. The summed E-state index contributed by atoms with van der Waals surface area (Å²) < 4.78 is 42.5. The molecule has 0 bridgehead atoms. The number of hydrogen-bond donors (Lipinski definition) is 1. The van der Waals surface area contributed by atoms with Gasteiger partial charge in [0, 0.05) is 30.9 Å². The van der Waals surface area contributed by atoms with E-state index in [2.05, 4.69) is 5.32 Å². The number of nitrogens with one attached hydrogen (secondary N) is 1. The molecule has 0 aliphatic carbocycles. The molecule has 1 unspecified atom stereocenters. The normalized spacial score (nSPS) is 14.1. The average Bonchev–Trinajstić information content (AvgIpc) is 2.83. The van der Waals surface area contributed by atoms with E-state index < -0.39 is 28.0 Å². The first-order valence-electron chi connectivity index (χ1n) is 10.9. The molecule has 1 amide bonds. The van der Waals surface area contributed by atoms with Gasteiger partial charge in [0.05, 0.1) is 4.90 Å². The van der Waals surface area contributed by atoms with E-state index in [0.29, 0.717) is 49.1 Å². The number of hydrogen-bond acceptors (Lipinski definition) is 7. The number of amides is 1. The van der Waals surface area contributed by atoms with Crippen LogP contribution in [0.25, 0.3) is 6.08 Å². The summed E-state index contributed by atoms with van der Waals surface area (Å²) in [6, 6.07) is 11.2. The molecule has 2 aromatic rings. The number of esters is 1. The summed E-state index contributed by atoms with van der Waals surface area (Å²) in [6.45, 7) is 6.69. The fraction of sp³-hybridized carbons (Fsp3) is 0.333. The molecule has 34 heavy (non-hydrogen) atoms. The lowest BCUT2D eigenvalue weighted by Gasteiger charge is -2.19. The van der Waals surface area contributed by atoms with Gasteiger partial charge in [-0.25, -0.2) is 13.2 Å². The number of carbonyl (C=O) groups is 2. The first kappa shape index (κ1) is 25.3. The summed E-state index contributed by atoms with van der Waals surface area (Å²) >= 11 is 0. The van der Waals surface area contributed by atoms with Crippen LogP contribution in [0.2, 0.25) is 0 Å². The molecule has 0 saturated heterocycles. The Morgan fingerprint density at radius 1 is 1.06 bits per heavy atom. The van der Waals surface area contributed by atoms with Crippen molar-refractivity contribution >= 4 is 33.7 Å². The van der Waals surface area contributed by atoms with E-state index in [9.17, 15) is 18.0 Å². The first-order chi connectivity index (χ1) is 16.2. The number of nitrogens with zero attached hydrogens (tertiary/aromatic N) is 1. The van der Waals surface area contributed by atoms with Gasteiger partial charge in [0.2, 0.25) is 10.0 Å². The fourth-order valence-corrected chi connectivity index (χ4v) is 4.72. The third kappa shape index (κ3) is 6.15. The Kier molecular flexibility index (Phi) is 8.30. The Hall–Kier alpha value is -3.37. The van der Waals surface area contributed by atoms with Gasteiger partial charge in [0.25, 0.3) is 5.91 Å². The Bertz CT molecular complexity index is 1160. The third-order valence-corrected chi connectivity index (χ3v) is 7.17. The fourth-order valence-electron chi connectivity index (χ4n) is 3.26. The smallest absolute Gasteiger partial charge is 0.331 e. The zero-order valence-corrected chi connectivity index (χ0v) is 20.1. The average molecular weight is 489 g/mol. The Labute approximate surface area is 199 Å². The maximum absolute atomic E-state index is 12.5. The van der Waals surface area contributed by atoms with Gasteiger partial charge in [-0.15, -0.1) is 0 Å². The lowest BCUT2D eigenvalue weighted by Crippen LogP contribution is -2.30. The van der Waals surface area contributed by atoms with Crippen molar-refractivity contribution in [2.24, 2.45) is 0 Å². The molecule has 0 radical (unpaired) electrons. The molecule has 0 fully saturated rings. The van der Waals surface area contributed by atoms with E-state index >= 15 is 0 Å². The highest BCUT2D eigenvalue weighted by Crippen LogP contribution is 2.32. The molecule has 1 aliphatic heterocycles. The molecule has 0 spiro atoms. The molecular weight excluding hydrogens is 460 g/mol. The van der Waals surface area contributed by atoms with Crippen LogP contribution in [0.5, 0.6) is 11.5 Å². The number of fused-ring (bicyclic) bond motifs is 1. The van der Waals surface area contributed by atoms with Gasteiger partial charge in [-0.05, 0) is 42.8 Å². The van der Waals surface area contributed by atoms with E-state index in [1.54, 1.807) is 44.2 Å². The molecule has 0 saturated carbocycles. The van der Waals surface area contributed by atoms with Gasteiger partial charge in [-0.2, -0.15) is 4.31 Å². The molecule has 9 nitrogen and oxygen atoms in total. The van der Waals surface area contributed by atoms with Crippen molar-refractivity contribution in [3.63, 3.8) is 0 Å². The van der Waals surface area contributed by atoms with Crippen LogP contribution < -0.4 is 14.8 Å². The van der Waals surface area contributed by atoms with Crippen molar-refractivity contribution in [1.82, 2.24) is 4.31 Å². The highest BCUT2D eigenvalue weighted by Gasteiger charge is 2.21. The summed E-state index contributed by atoms with van der Waals surface area (Å²) in [6.07, 6.45) is 1.63. The number of rotatable bonds is 9. The minimum absolute atomic E-state index is 0.181. The molecule has 1 atom stereocenters. The molecular formula is C24H28N2O7S. The predicted molar refractivity (Wildman–Crippen MR) is 127 cm³/mol. The molecule has 182 valence electrons. The zero-order chi connectivity index (χ0) is 24.7. The van der Waals surface area contributed by atoms with Gasteiger partial charge >= 0.3 is 5.97 Å². The maximum atomic E-state index is 12.5. The number of anilines is 1. The van der Waals surface area contributed by atoms with Crippen LogP contribution >= 0.6 is 0 Å². The topological polar surface area (TPSA) is 111 Å². The van der Waals surface area contributed by atoms with Gasteiger partial charge in [0.15, 0.2) is 17.6 Å². The monoisotopic (exact) mass is 488 g/mol. The van der Waals surface area contributed by atoms with Gasteiger partial charge in [0.1, 0.15) is 13.2 Å². The number of carbonyl (C=O) groups excluding carboxylic acids is 2. The van der Waals surface area contributed by atoms with Gasteiger partial charge in [-0.3, -0.25) is 4.79 Å². The van der Waals surface area contributed by atoms with Crippen molar-refractivity contribution in [1.29, 1.82) is 0 Å². The Morgan fingerprint density at radius 3 is 2.35 bits per heavy atom. The highest BCUT2D eigenvalue weighted by molar-refractivity contribution is 7.89. The van der Waals surface area contributed by atoms with Crippen molar-refractivity contribution in [2.75, 3.05) is 31.6 Å². The SMILES string of the molecule is CCN(CC)S(=O)(=O)c1ccc(C=CC(=O)OC(C)C(=O)Nc2ccc3c(c2)OCCO3)cc1. The van der Waals surface area contributed by atoms with Gasteiger partial charge < -0.3 is 19.5 Å². The van der Waals surface area contributed by atoms with Crippen LogP contribution in [0.3, 0.4) is 0 Å². The number of benzene rings is 2. The van der Waals surface area contributed by atoms with Crippen LogP contribution in [-0.2, 0) is 24.3 Å². The van der Waals surface area contributed by atoms with Crippen molar-refractivity contribution in [2.45, 2.75) is 31.8 Å². The lowest BCUT2D eigenvalue weighted by molar-refractivity contribution is -0.148. The highest BCUT2D eigenvalue weighted by atomic mass is 32.2. The second-order valence-corrected chi connectivity index (χ2v) is 9.36. The predicted octanol–water partition coefficient (Wildman–Crippen LogP) is 3.07. The van der Waals surface area contributed by atoms with Crippen LogP contribution in [-0.4, -0.2) is 57.0 Å². The van der Waals surface area contributed by atoms with Crippen molar-refractivity contribution in [3.8, 4) is 11.5 Å². The molecule has 1 heterocycles.